The normalized spacial score (nSPS) is 10.3. The molecule has 0 aliphatic carbocycles. The molecule has 0 spiro atoms. The van der Waals surface area contributed by atoms with Gasteiger partial charge in [-0.2, -0.15) is 0 Å². The van der Waals surface area contributed by atoms with E-state index in [2.05, 4.69) is 0 Å². The Labute approximate surface area is 91.8 Å². The highest BCUT2D eigenvalue weighted by atomic mass is 127. The molecule has 1 rings (SSSR count). The van der Waals surface area contributed by atoms with Crippen molar-refractivity contribution in [3.05, 3.63) is 30.5 Å². The molecule has 0 aliphatic heterocycles. The van der Waals surface area contributed by atoms with E-state index in [9.17, 15) is 4.39 Å². The van der Waals surface area contributed by atoms with Gasteiger partial charge in [0.1, 0.15) is 5.82 Å². The van der Waals surface area contributed by atoms with Crippen LogP contribution < -0.4 is 0 Å². The van der Waals surface area contributed by atoms with Crippen molar-refractivity contribution in [1.29, 1.82) is 0 Å². The maximum absolute atomic E-state index is 12.7. The van der Waals surface area contributed by atoms with E-state index in [1.165, 1.54) is 0 Å². The fourth-order valence-electron chi connectivity index (χ4n) is 0.544. The summed E-state index contributed by atoms with van der Waals surface area (Å²) in [5.41, 5.74) is 0. The first kappa shape index (κ1) is 9.84. The highest BCUT2D eigenvalue weighted by molar-refractivity contribution is 14.1. The van der Waals surface area contributed by atoms with E-state index < -0.39 is 5.82 Å². The zero-order valence-electron chi connectivity index (χ0n) is 4.97. The van der Waals surface area contributed by atoms with Crippen LogP contribution >= 0.6 is 57.4 Å². The fraction of sp³-hybridized carbons (Fsp3) is 0. The largest absolute Gasteiger partial charge is 0.205 e. The lowest BCUT2D eigenvalue weighted by Gasteiger charge is -2.01. The molecule has 0 radical (unpaired) electrons. The monoisotopic (exact) mass is 324 g/mol. The smallest absolute Gasteiger partial charge is 0.144 e. The fourth-order valence-corrected chi connectivity index (χ4v) is 1.79. The van der Waals surface area contributed by atoms with E-state index in [0.29, 0.717) is 8.59 Å². The Morgan fingerprint density at radius 3 is 2.27 bits per heavy atom. The molecule has 60 valence electrons. The molecule has 1 aromatic rings. The van der Waals surface area contributed by atoms with Crippen molar-refractivity contribution in [2.24, 2.45) is 0 Å². The summed E-state index contributed by atoms with van der Waals surface area (Å²) in [5, 5.41) is 0.483. The average Bonchev–Trinajstić information content (AvgIpc) is 1.97. The molecular formula is C6HCl3FI. The Hall–Kier alpha value is 0.750. The Bertz CT molecular complexity index is 274. The van der Waals surface area contributed by atoms with Crippen LogP contribution in [-0.2, 0) is 0 Å². The van der Waals surface area contributed by atoms with E-state index in [4.69, 9.17) is 34.8 Å². The Kier molecular flexibility index (Phi) is 3.26. The molecule has 0 saturated heterocycles. The van der Waals surface area contributed by atoms with Crippen LogP contribution in [0.4, 0.5) is 4.39 Å². The number of benzene rings is 1. The summed E-state index contributed by atoms with van der Waals surface area (Å²) in [6, 6.07) is 1.09. The molecule has 0 saturated carbocycles. The second-order valence-electron chi connectivity index (χ2n) is 1.78. The molecule has 0 aromatic heterocycles. The van der Waals surface area contributed by atoms with Gasteiger partial charge in [0, 0.05) is 0 Å². The minimum atomic E-state index is -0.550. The van der Waals surface area contributed by atoms with Crippen LogP contribution in [-0.4, -0.2) is 0 Å². The molecule has 0 aliphatic rings. The third kappa shape index (κ3) is 1.91. The molecule has 1 aromatic carbocycles. The predicted molar refractivity (Wildman–Crippen MR) is 54.1 cm³/mol. The lowest BCUT2D eigenvalue weighted by molar-refractivity contribution is 0.627. The van der Waals surface area contributed by atoms with Crippen LogP contribution in [0.25, 0.3) is 0 Å². The van der Waals surface area contributed by atoms with Crippen LogP contribution in [0, 0.1) is 9.39 Å². The molecule has 5 heteroatoms. The first-order valence-corrected chi connectivity index (χ1v) is 4.73. The van der Waals surface area contributed by atoms with E-state index in [1.807, 2.05) is 22.6 Å². The van der Waals surface area contributed by atoms with Gasteiger partial charge < -0.3 is 0 Å². The number of rotatable bonds is 0. The van der Waals surface area contributed by atoms with Gasteiger partial charge in [-0.25, -0.2) is 4.39 Å². The van der Waals surface area contributed by atoms with Gasteiger partial charge in [0.05, 0.1) is 18.6 Å². The summed E-state index contributed by atoms with van der Waals surface area (Å²) < 4.78 is 13.2. The zero-order valence-corrected chi connectivity index (χ0v) is 9.39. The molecule has 0 bridgehead atoms. The summed E-state index contributed by atoms with van der Waals surface area (Å²) in [4.78, 5) is 0. The van der Waals surface area contributed by atoms with Crippen molar-refractivity contribution in [2.75, 3.05) is 0 Å². The second kappa shape index (κ2) is 3.64. The summed E-state index contributed by atoms with van der Waals surface area (Å²) in [5.74, 6) is -0.550. The third-order valence-corrected chi connectivity index (χ3v) is 3.93. The average molecular weight is 325 g/mol. The molecule has 11 heavy (non-hydrogen) atoms. The lowest BCUT2D eigenvalue weighted by atomic mass is 10.3. The molecule has 0 fully saturated rings. The van der Waals surface area contributed by atoms with Crippen molar-refractivity contribution in [3.63, 3.8) is 0 Å². The Morgan fingerprint density at radius 2 is 1.73 bits per heavy atom. The van der Waals surface area contributed by atoms with Gasteiger partial charge in [-0.1, -0.05) is 34.8 Å². The molecule has 0 nitrogen and oxygen atoms in total. The van der Waals surface area contributed by atoms with Gasteiger partial charge >= 0.3 is 0 Å². The van der Waals surface area contributed by atoms with Crippen molar-refractivity contribution < 1.29 is 4.39 Å². The number of hydrogen-bond donors (Lipinski definition) is 0. The molecule has 0 heterocycles. The number of hydrogen-bond acceptors (Lipinski definition) is 0. The Balaban J connectivity index is 3.46. The van der Waals surface area contributed by atoms with Crippen LogP contribution in [0.3, 0.4) is 0 Å². The van der Waals surface area contributed by atoms with E-state index >= 15 is 0 Å². The van der Waals surface area contributed by atoms with Gasteiger partial charge in [0.2, 0.25) is 0 Å². The van der Waals surface area contributed by atoms with E-state index in [1.54, 1.807) is 0 Å². The molecule has 0 unspecified atom stereocenters. The first-order chi connectivity index (χ1) is 5.04. The van der Waals surface area contributed by atoms with Gasteiger partial charge in [-0.15, -0.1) is 0 Å². The molecule has 0 amide bonds. The number of halogens is 5. The predicted octanol–water partition coefficient (Wildman–Crippen LogP) is 4.39. The van der Waals surface area contributed by atoms with Crippen molar-refractivity contribution in [2.45, 2.75) is 0 Å². The third-order valence-electron chi connectivity index (χ3n) is 1.06. The molecule has 0 N–H and O–H groups in total. The topological polar surface area (TPSA) is 0 Å². The minimum Gasteiger partial charge on any atom is -0.205 e. The van der Waals surface area contributed by atoms with Crippen LogP contribution in [0.1, 0.15) is 0 Å². The lowest BCUT2D eigenvalue weighted by Crippen LogP contribution is -1.84. The maximum atomic E-state index is 12.7. The van der Waals surface area contributed by atoms with E-state index in [-0.39, 0.29) is 10.0 Å². The van der Waals surface area contributed by atoms with Crippen molar-refractivity contribution >= 4 is 57.4 Å². The Morgan fingerprint density at radius 1 is 1.18 bits per heavy atom. The maximum Gasteiger partial charge on any atom is 0.144 e. The van der Waals surface area contributed by atoms with Crippen LogP contribution in [0.2, 0.25) is 15.1 Å². The quantitative estimate of drug-likeness (QED) is 0.377. The second-order valence-corrected chi connectivity index (χ2v) is 4.02. The van der Waals surface area contributed by atoms with Gasteiger partial charge in [0.25, 0.3) is 0 Å². The SMILES string of the molecule is Fc1cc(Cl)c(Cl)c(I)c1Cl. The zero-order chi connectivity index (χ0) is 8.59. The summed E-state index contributed by atoms with van der Waals surface area (Å²) >= 11 is 18.6. The highest BCUT2D eigenvalue weighted by Crippen LogP contribution is 2.34. The van der Waals surface area contributed by atoms with Gasteiger partial charge in [-0.3, -0.25) is 0 Å². The van der Waals surface area contributed by atoms with Crippen molar-refractivity contribution in [1.82, 2.24) is 0 Å². The molecular weight excluding hydrogens is 324 g/mol. The minimum absolute atomic E-state index is 0.0139. The molecule has 0 atom stereocenters. The van der Waals surface area contributed by atoms with Crippen LogP contribution in [0.15, 0.2) is 6.07 Å². The van der Waals surface area contributed by atoms with Crippen molar-refractivity contribution in [3.8, 4) is 0 Å². The standard InChI is InChI=1S/C6HCl3FI/c7-2-1-3(10)5(9)6(11)4(2)8/h1H. The van der Waals surface area contributed by atoms with Gasteiger partial charge in [-0.05, 0) is 28.7 Å². The van der Waals surface area contributed by atoms with Crippen LogP contribution in [0.5, 0.6) is 0 Å². The summed E-state index contributed by atoms with van der Waals surface area (Å²) in [7, 11) is 0. The summed E-state index contributed by atoms with van der Waals surface area (Å²) in [6.45, 7) is 0. The summed E-state index contributed by atoms with van der Waals surface area (Å²) in [6.07, 6.45) is 0. The highest BCUT2D eigenvalue weighted by Gasteiger charge is 2.11. The van der Waals surface area contributed by atoms with Gasteiger partial charge in [0.15, 0.2) is 0 Å². The first-order valence-electron chi connectivity index (χ1n) is 2.52. The van der Waals surface area contributed by atoms with E-state index in [0.717, 1.165) is 6.07 Å².